The Bertz CT molecular complexity index is 552. The smallest absolute Gasteiger partial charge is 0.318 e. The minimum absolute atomic E-state index is 0.0914. The fourth-order valence-corrected chi connectivity index (χ4v) is 1.52. The second-order valence-electron chi connectivity index (χ2n) is 3.47. The van der Waals surface area contributed by atoms with Crippen molar-refractivity contribution in [2.24, 2.45) is 0 Å². The highest BCUT2D eigenvalue weighted by Gasteiger charge is 2.42. The van der Waals surface area contributed by atoms with E-state index in [-0.39, 0.29) is 4.47 Å². The lowest BCUT2D eigenvalue weighted by Crippen LogP contribution is -2.31. The molecule has 1 rings (SSSR count). The van der Waals surface area contributed by atoms with Crippen LogP contribution in [0.3, 0.4) is 0 Å². The number of carbonyl (C=O) groups is 2. The average Bonchev–Trinajstić information content (AvgIpc) is 2.25. The first-order chi connectivity index (χ1) is 8.93. The van der Waals surface area contributed by atoms with Crippen molar-refractivity contribution in [1.29, 1.82) is 0 Å². The van der Waals surface area contributed by atoms with Crippen LogP contribution in [0.25, 0.3) is 0 Å². The van der Waals surface area contributed by atoms with Crippen LogP contribution in [0.15, 0.2) is 22.7 Å². The number of Topliss-reactive ketones (excluding diaryl/α,β-unsaturated/α-hetero) is 1. The van der Waals surface area contributed by atoms with Crippen LogP contribution in [0.4, 0.5) is 32.0 Å². The Kier molecular flexibility index (Phi) is 4.47. The number of amides is 1. The third-order valence-electron chi connectivity index (χ3n) is 1.99. The van der Waals surface area contributed by atoms with Gasteiger partial charge in [0.25, 0.3) is 5.78 Å². The molecule has 0 fully saturated rings. The Labute approximate surface area is 116 Å². The molecule has 1 amide bonds. The number of hydrogen-bond acceptors (Lipinski definition) is 2. The molecule has 1 aromatic rings. The van der Waals surface area contributed by atoms with E-state index in [1.807, 2.05) is 0 Å². The molecule has 0 aliphatic carbocycles. The summed E-state index contributed by atoms with van der Waals surface area (Å²) in [6.07, 6.45) is -10.6. The molecular formula is C10H4BrF6NO2. The second kappa shape index (κ2) is 5.43. The third kappa shape index (κ3) is 3.95. The molecule has 0 atom stereocenters. The number of benzene rings is 1. The van der Waals surface area contributed by atoms with Gasteiger partial charge in [0, 0.05) is 4.47 Å². The summed E-state index contributed by atoms with van der Waals surface area (Å²) >= 11 is 2.81. The quantitative estimate of drug-likeness (QED) is 0.643. The number of carbonyl (C=O) groups excluding carboxylic acids is 2. The molecule has 0 bridgehead atoms. The van der Waals surface area contributed by atoms with Crippen LogP contribution in [0.5, 0.6) is 0 Å². The van der Waals surface area contributed by atoms with Crippen molar-refractivity contribution >= 4 is 33.3 Å². The van der Waals surface area contributed by atoms with Gasteiger partial charge in [-0.15, -0.1) is 0 Å². The molecule has 0 radical (unpaired) electrons. The molecule has 0 spiro atoms. The highest BCUT2D eigenvalue weighted by Crippen LogP contribution is 2.29. The standard InChI is InChI=1S/C10H4BrF6NO2/c11-4-1-2-5(7(19)9(12,13)14)6(3-4)18-8(20)10(15,16)17/h1-3H,(H,18,20). The number of ketones is 1. The maximum absolute atomic E-state index is 12.3. The number of hydrogen-bond donors (Lipinski definition) is 1. The van der Waals surface area contributed by atoms with Crippen LogP contribution >= 0.6 is 15.9 Å². The molecule has 0 unspecified atom stereocenters. The minimum Gasteiger partial charge on any atom is -0.318 e. The molecule has 0 heterocycles. The minimum atomic E-state index is -5.29. The molecule has 0 aliphatic rings. The summed E-state index contributed by atoms with van der Waals surface area (Å²) in [4.78, 5) is 21.8. The SMILES string of the molecule is O=C(Nc1cc(Br)ccc1C(=O)C(F)(F)F)C(F)(F)F. The van der Waals surface area contributed by atoms with Gasteiger partial charge in [0.05, 0.1) is 11.3 Å². The largest absolute Gasteiger partial charge is 0.471 e. The highest BCUT2D eigenvalue weighted by molar-refractivity contribution is 9.10. The maximum Gasteiger partial charge on any atom is 0.471 e. The Balaban J connectivity index is 3.22. The summed E-state index contributed by atoms with van der Waals surface area (Å²) in [6.45, 7) is 0. The van der Waals surface area contributed by atoms with Gasteiger partial charge in [-0.25, -0.2) is 0 Å². The van der Waals surface area contributed by atoms with E-state index in [1.165, 1.54) is 5.32 Å². The van der Waals surface area contributed by atoms with E-state index in [2.05, 4.69) is 15.9 Å². The lowest BCUT2D eigenvalue weighted by Gasteiger charge is -2.13. The molecule has 1 aromatic carbocycles. The van der Waals surface area contributed by atoms with Crippen molar-refractivity contribution in [3.63, 3.8) is 0 Å². The summed E-state index contributed by atoms with van der Waals surface area (Å²) in [5.74, 6) is -4.84. The molecule has 1 N–H and O–H groups in total. The van der Waals surface area contributed by atoms with Crippen molar-refractivity contribution in [2.45, 2.75) is 12.4 Å². The molecular weight excluding hydrogens is 360 g/mol. The first-order valence-electron chi connectivity index (χ1n) is 4.72. The van der Waals surface area contributed by atoms with Crippen LogP contribution in [-0.4, -0.2) is 24.0 Å². The summed E-state index contributed by atoms with van der Waals surface area (Å²) < 4.78 is 73.2. The Morgan fingerprint density at radius 2 is 1.55 bits per heavy atom. The van der Waals surface area contributed by atoms with E-state index in [4.69, 9.17) is 0 Å². The number of anilines is 1. The van der Waals surface area contributed by atoms with E-state index in [0.29, 0.717) is 6.07 Å². The van der Waals surface area contributed by atoms with Crippen molar-refractivity contribution < 1.29 is 35.9 Å². The average molecular weight is 364 g/mol. The van der Waals surface area contributed by atoms with E-state index in [9.17, 15) is 35.9 Å². The van der Waals surface area contributed by atoms with E-state index in [0.717, 1.165) is 12.1 Å². The number of nitrogens with one attached hydrogen (secondary N) is 1. The van der Waals surface area contributed by atoms with Gasteiger partial charge in [0.15, 0.2) is 0 Å². The fraction of sp³-hybridized carbons (Fsp3) is 0.200. The van der Waals surface area contributed by atoms with Gasteiger partial charge in [-0.3, -0.25) is 9.59 Å². The highest BCUT2D eigenvalue weighted by atomic mass is 79.9. The van der Waals surface area contributed by atoms with Crippen LogP contribution in [0.1, 0.15) is 10.4 Å². The van der Waals surface area contributed by atoms with Crippen molar-refractivity contribution in [3.8, 4) is 0 Å². The number of halogens is 7. The van der Waals surface area contributed by atoms with Crippen LogP contribution < -0.4 is 5.32 Å². The molecule has 0 aromatic heterocycles. The summed E-state index contributed by atoms with van der Waals surface area (Å²) in [6, 6.07) is 2.46. The monoisotopic (exact) mass is 363 g/mol. The fourth-order valence-electron chi connectivity index (χ4n) is 1.16. The van der Waals surface area contributed by atoms with Crippen LogP contribution in [0.2, 0.25) is 0 Å². The predicted molar refractivity (Wildman–Crippen MR) is 59.2 cm³/mol. The molecule has 110 valence electrons. The number of rotatable bonds is 2. The van der Waals surface area contributed by atoms with Crippen molar-refractivity contribution in [3.05, 3.63) is 28.2 Å². The predicted octanol–water partition coefficient (Wildman–Crippen LogP) is 3.69. The molecule has 0 aliphatic heterocycles. The van der Waals surface area contributed by atoms with Gasteiger partial charge in [-0.2, -0.15) is 26.3 Å². The summed E-state index contributed by atoms with van der Waals surface area (Å²) in [5.41, 5.74) is -1.97. The Morgan fingerprint density at radius 1 is 1.00 bits per heavy atom. The van der Waals surface area contributed by atoms with E-state index < -0.39 is 35.3 Å². The zero-order valence-corrected chi connectivity index (χ0v) is 10.8. The molecule has 20 heavy (non-hydrogen) atoms. The second-order valence-corrected chi connectivity index (χ2v) is 4.38. The molecule has 0 saturated carbocycles. The van der Waals surface area contributed by atoms with Gasteiger partial charge in [-0.05, 0) is 18.2 Å². The van der Waals surface area contributed by atoms with E-state index in [1.54, 1.807) is 0 Å². The maximum atomic E-state index is 12.3. The van der Waals surface area contributed by atoms with Gasteiger partial charge in [0.2, 0.25) is 0 Å². The van der Waals surface area contributed by atoms with E-state index >= 15 is 0 Å². The van der Waals surface area contributed by atoms with Crippen LogP contribution in [0, 0.1) is 0 Å². The molecule has 3 nitrogen and oxygen atoms in total. The van der Waals surface area contributed by atoms with Gasteiger partial charge in [0.1, 0.15) is 0 Å². The van der Waals surface area contributed by atoms with Gasteiger partial charge in [-0.1, -0.05) is 15.9 Å². The molecule has 10 heteroatoms. The Morgan fingerprint density at radius 3 is 2.00 bits per heavy atom. The first-order valence-corrected chi connectivity index (χ1v) is 5.51. The normalized spacial score (nSPS) is 12.2. The third-order valence-corrected chi connectivity index (χ3v) is 2.48. The summed E-state index contributed by atoms with van der Waals surface area (Å²) in [7, 11) is 0. The van der Waals surface area contributed by atoms with Crippen molar-refractivity contribution in [1.82, 2.24) is 0 Å². The van der Waals surface area contributed by atoms with Gasteiger partial charge < -0.3 is 5.32 Å². The lowest BCUT2D eigenvalue weighted by molar-refractivity contribution is -0.167. The zero-order chi connectivity index (χ0) is 15.7. The number of alkyl halides is 6. The van der Waals surface area contributed by atoms with Crippen LogP contribution in [-0.2, 0) is 4.79 Å². The molecule has 0 saturated heterocycles. The lowest BCUT2D eigenvalue weighted by atomic mass is 10.1. The van der Waals surface area contributed by atoms with Crippen molar-refractivity contribution in [2.75, 3.05) is 5.32 Å². The Hall–Kier alpha value is -1.58. The topological polar surface area (TPSA) is 46.2 Å². The summed E-state index contributed by atoms with van der Waals surface area (Å²) in [5, 5.41) is 1.23. The first kappa shape index (κ1) is 16.5. The zero-order valence-electron chi connectivity index (χ0n) is 9.19. The van der Waals surface area contributed by atoms with Gasteiger partial charge >= 0.3 is 18.3 Å².